The lowest BCUT2D eigenvalue weighted by molar-refractivity contribution is 0.454. The third kappa shape index (κ3) is 1.58. The van der Waals surface area contributed by atoms with Crippen molar-refractivity contribution in [3.8, 4) is 5.75 Å². The second-order valence-corrected chi connectivity index (χ2v) is 5.11. The van der Waals surface area contributed by atoms with Crippen molar-refractivity contribution in [2.75, 3.05) is 0 Å². The molecule has 0 saturated heterocycles. The number of isocyanates is 1. The second kappa shape index (κ2) is 3.72. The minimum atomic E-state index is -0.523. The van der Waals surface area contributed by atoms with E-state index in [2.05, 4.69) is 20.9 Å². The molecule has 1 aromatic rings. The van der Waals surface area contributed by atoms with Crippen molar-refractivity contribution in [2.24, 2.45) is 4.99 Å². The van der Waals surface area contributed by atoms with Gasteiger partial charge in [-0.2, -0.15) is 4.99 Å². The minimum absolute atomic E-state index is 0.247. The molecule has 1 N–H and O–H groups in total. The number of hydrogen-bond donors (Lipinski definition) is 1. The standard InChI is InChI=1S/C12H12BrNO2/c1-7-5-9(13)8(2)10(11(7)16)12(3-4-12)14-6-15/h5,16H,3-4H2,1-2H3. The Bertz CT molecular complexity index is 474. The van der Waals surface area contributed by atoms with E-state index in [4.69, 9.17) is 0 Å². The smallest absolute Gasteiger partial charge is 0.235 e. The van der Waals surface area contributed by atoms with Gasteiger partial charge in [-0.3, -0.25) is 0 Å². The molecule has 0 unspecified atom stereocenters. The first-order valence-corrected chi connectivity index (χ1v) is 5.89. The van der Waals surface area contributed by atoms with E-state index in [9.17, 15) is 9.90 Å². The predicted molar refractivity (Wildman–Crippen MR) is 64.3 cm³/mol. The van der Waals surface area contributed by atoms with Crippen molar-refractivity contribution in [3.63, 3.8) is 0 Å². The average molecular weight is 282 g/mol. The van der Waals surface area contributed by atoms with Gasteiger partial charge < -0.3 is 5.11 Å². The highest BCUT2D eigenvalue weighted by molar-refractivity contribution is 9.10. The summed E-state index contributed by atoms with van der Waals surface area (Å²) in [7, 11) is 0. The third-order valence-corrected chi connectivity index (χ3v) is 3.96. The van der Waals surface area contributed by atoms with Crippen molar-refractivity contribution in [1.82, 2.24) is 0 Å². The lowest BCUT2D eigenvalue weighted by Gasteiger charge is -2.17. The normalized spacial score (nSPS) is 16.7. The topological polar surface area (TPSA) is 49.7 Å². The summed E-state index contributed by atoms with van der Waals surface area (Å²) in [5, 5.41) is 10.1. The Morgan fingerprint density at radius 1 is 1.50 bits per heavy atom. The molecule has 4 heteroatoms. The molecular formula is C12H12BrNO2. The fraction of sp³-hybridized carbons (Fsp3) is 0.417. The monoisotopic (exact) mass is 281 g/mol. The summed E-state index contributed by atoms with van der Waals surface area (Å²) in [6.07, 6.45) is 3.21. The summed E-state index contributed by atoms with van der Waals surface area (Å²) in [5.41, 5.74) is 1.98. The Kier molecular flexibility index (Phi) is 2.64. The maximum atomic E-state index is 10.4. The molecule has 0 aliphatic heterocycles. The number of halogens is 1. The van der Waals surface area contributed by atoms with E-state index in [1.165, 1.54) is 0 Å². The van der Waals surface area contributed by atoms with Crippen LogP contribution in [0.4, 0.5) is 0 Å². The molecule has 3 nitrogen and oxygen atoms in total. The van der Waals surface area contributed by atoms with E-state index in [0.717, 1.165) is 34.0 Å². The van der Waals surface area contributed by atoms with Gasteiger partial charge in [0.2, 0.25) is 6.08 Å². The van der Waals surface area contributed by atoms with Crippen molar-refractivity contribution in [3.05, 3.63) is 27.2 Å². The third-order valence-electron chi connectivity index (χ3n) is 3.14. The molecule has 0 aromatic heterocycles. The van der Waals surface area contributed by atoms with Crippen LogP contribution in [0.25, 0.3) is 0 Å². The molecule has 0 bridgehead atoms. The number of rotatable bonds is 2. The van der Waals surface area contributed by atoms with Gasteiger partial charge in [0.25, 0.3) is 0 Å². The van der Waals surface area contributed by atoms with Crippen molar-refractivity contribution < 1.29 is 9.90 Å². The summed E-state index contributed by atoms with van der Waals surface area (Å²) in [6.45, 7) is 3.75. The first-order chi connectivity index (χ1) is 7.52. The number of nitrogens with zero attached hydrogens (tertiary/aromatic N) is 1. The van der Waals surface area contributed by atoms with Gasteiger partial charge in [-0.25, -0.2) is 4.79 Å². The van der Waals surface area contributed by atoms with Gasteiger partial charge in [0.15, 0.2) is 0 Å². The van der Waals surface area contributed by atoms with Gasteiger partial charge in [-0.15, -0.1) is 0 Å². The van der Waals surface area contributed by atoms with Crippen LogP contribution in [0.3, 0.4) is 0 Å². The molecule has 1 aliphatic carbocycles. The van der Waals surface area contributed by atoms with Crippen LogP contribution in [0.5, 0.6) is 5.75 Å². The molecular weight excluding hydrogens is 270 g/mol. The van der Waals surface area contributed by atoms with E-state index >= 15 is 0 Å². The first-order valence-electron chi connectivity index (χ1n) is 5.10. The second-order valence-electron chi connectivity index (χ2n) is 4.26. The fourth-order valence-electron chi connectivity index (χ4n) is 2.05. The summed E-state index contributed by atoms with van der Waals surface area (Å²) in [5.74, 6) is 0.247. The summed E-state index contributed by atoms with van der Waals surface area (Å²) in [6, 6.07) is 1.87. The molecule has 1 aromatic carbocycles. The highest BCUT2D eigenvalue weighted by Gasteiger charge is 2.48. The highest BCUT2D eigenvalue weighted by Crippen LogP contribution is 2.54. The maximum Gasteiger partial charge on any atom is 0.235 e. The van der Waals surface area contributed by atoms with Crippen molar-refractivity contribution in [2.45, 2.75) is 32.2 Å². The van der Waals surface area contributed by atoms with E-state index in [0.29, 0.717) is 0 Å². The maximum absolute atomic E-state index is 10.4. The largest absolute Gasteiger partial charge is 0.507 e. The number of benzene rings is 1. The highest BCUT2D eigenvalue weighted by atomic mass is 79.9. The van der Waals surface area contributed by atoms with Crippen LogP contribution in [0.1, 0.15) is 29.5 Å². The number of carbonyl (C=O) groups excluding carboxylic acids is 1. The average Bonchev–Trinajstić information content (AvgIpc) is 2.97. The molecule has 16 heavy (non-hydrogen) atoms. The summed E-state index contributed by atoms with van der Waals surface area (Å²) < 4.78 is 0.935. The predicted octanol–water partition coefficient (Wildman–Crippen LogP) is 3.10. The number of phenols is 1. The SMILES string of the molecule is Cc1cc(Br)c(C)c(C2(N=C=O)CC2)c1O. The Balaban J connectivity index is 2.69. The van der Waals surface area contributed by atoms with Crippen LogP contribution >= 0.6 is 15.9 Å². The molecule has 2 rings (SSSR count). The first kappa shape index (κ1) is 11.4. The molecule has 0 atom stereocenters. The van der Waals surface area contributed by atoms with Gasteiger partial charge in [-0.1, -0.05) is 15.9 Å². The zero-order chi connectivity index (χ0) is 11.9. The Labute approximate surface area is 102 Å². The number of aliphatic imine (C=N–C) groups is 1. The molecule has 0 heterocycles. The molecule has 0 spiro atoms. The molecule has 0 amide bonds. The van der Waals surface area contributed by atoms with E-state index in [-0.39, 0.29) is 5.75 Å². The molecule has 1 saturated carbocycles. The number of aryl methyl sites for hydroxylation is 1. The lowest BCUT2D eigenvalue weighted by atomic mass is 9.96. The molecule has 0 radical (unpaired) electrons. The van der Waals surface area contributed by atoms with Crippen molar-refractivity contribution in [1.29, 1.82) is 0 Å². The summed E-state index contributed by atoms with van der Waals surface area (Å²) >= 11 is 3.45. The Morgan fingerprint density at radius 3 is 2.62 bits per heavy atom. The van der Waals surface area contributed by atoms with Crippen LogP contribution in [0, 0.1) is 13.8 Å². The van der Waals surface area contributed by atoms with Crippen LogP contribution in [0.2, 0.25) is 0 Å². The van der Waals surface area contributed by atoms with Gasteiger partial charge in [0.05, 0.1) is 0 Å². The number of phenolic OH excluding ortho intramolecular Hbond substituents is 1. The zero-order valence-corrected chi connectivity index (χ0v) is 10.8. The van der Waals surface area contributed by atoms with Crippen LogP contribution in [-0.2, 0) is 10.3 Å². The zero-order valence-electron chi connectivity index (χ0n) is 9.17. The van der Waals surface area contributed by atoms with E-state index < -0.39 is 5.54 Å². The van der Waals surface area contributed by atoms with Gasteiger partial charge >= 0.3 is 0 Å². The molecule has 84 valence electrons. The Hall–Kier alpha value is -1.12. The number of hydrogen-bond acceptors (Lipinski definition) is 3. The van der Waals surface area contributed by atoms with E-state index in [1.807, 2.05) is 19.9 Å². The van der Waals surface area contributed by atoms with Gasteiger partial charge in [-0.05, 0) is 43.9 Å². The van der Waals surface area contributed by atoms with Gasteiger partial charge in [0, 0.05) is 10.0 Å². The lowest BCUT2D eigenvalue weighted by Crippen LogP contribution is -2.07. The van der Waals surface area contributed by atoms with Crippen LogP contribution in [-0.4, -0.2) is 11.2 Å². The van der Waals surface area contributed by atoms with Crippen LogP contribution < -0.4 is 0 Å². The Morgan fingerprint density at radius 2 is 2.12 bits per heavy atom. The molecule has 1 aliphatic rings. The fourth-order valence-corrected chi connectivity index (χ4v) is 2.60. The van der Waals surface area contributed by atoms with Crippen molar-refractivity contribution >= 4 is 22.0 Å². The van der Waals surface area contributed by atoms with E-state index in [1.54, 1.807) is 6.08 Å². The van der Waals surface area contributed by atoms with Gasteiger partial charge in [0.1, 0.15) is 11.3 Å². The minimum Gasteiger partial charge on any atom is -0.507 e. The molecule has 1 fully saturated rings. The summed E-state index contributed by atoms with van der Waals surface area (Å²) in [4.78, 5) is 14.3. The van der Waals surface area contributed by atoms with Crippen LogP contribution in [0.15, 0.2) is 15.5 Å². The quantitative estimate of drug-likeness (QED) is 0.669. The number of aromatic hydroxyl groups is 1.